The van der Waals surface area contributed by atoms with Gasteiger partial charge in [0.25, 0.3) is 0 Å². The number of aryl methyl sites for hydroxylation is 1. The van der Waals surface area contributed by atoms with Crippen molar-refractivity contribution in [1.29, 1.82) is 0 Å². The molecule has 0 aromatic carbocycles. The molecule has 2 aliphatic rings. The Labute approximate surface area is 212 Å². The number of Topliss-reactive ketones (excluding diaryl/α,β-unsaturated/α-hetero) is 1. The van der Waals surface area contributed by atoms with Gasteiger partial charge in [0.15, 0.2) is 0 Å². The minimum Gasteiger partial charge on any atom is -0.458 e. The Morgan fingerprint density at radius 2 is 1.91 bits per heavy atom. The summed E-state index contributed by atoms with van der Waals surface area (Å²) in [7, 11) is 0. The van der Waals surface area contributed by atoms with E-state index in [9.17, 15) is 19.8 Å². The summed E-state index contributed by atoms with van der Waals surface area (Å²) in [5, 5.41) is 24.6. The number of epoxide rings is 1. The lowest BCUT2D eigenvalue weighted by Gasteiger charge is -2.34. The van der Waals surface area contributed by atoms with E-state index in [2.05, 4.69) is 11.9 Å². The summed E-state index contributed by atoms with van der Waals surface area (Å²) in [6, 6.07) is 0. The monoisotopic (exact) mass is 507 g/mol. The normalized spacial score (nSPS) is 37.5. The van der Waals surface area contributed by atoms with Crippen LogP contribution in [0.15, 0.2) is 11.0 Å². The molecule has 0 radical (unpaired) electrons. The third kappa shape index (κ3) is 6.59. The van der Waals surface area contributed by atoms with E-state index in [0.29, 0.717) is 6.42 Å². The number of fused-ring (bicyclic) bond motifs is 1. The number of carbonyl (C=O) groups is 2. The topological polar surface area (TPSA) is 109 Å². The molecule has 2 saturated heterocycles. The molecule has 0 aliphatic carbocycles. The quantitative estimate of drug-likeness (QED) is 0.449. The maximum atomic E-state index is 13.2. The van der Waals surface area contributed by atoms with Crippen LogP contribution in [0.5, 0.6) is 0 Å². The second-order valence-corrected chi connectivity index (χ2v) is 12.3. The van der Waals surface area contributed by atoms with Crippen LogP contribution >= 0.6 is 11.3 Å². The average Bonchev–Trinajstić information content (AvgIpc) is 3.22. The third-order valence-electron chi connectivity index (χ3n) is 7.93. The van der Waals surface area contributed by atoms with Gasteiger partial charge in [0.1, 0.15) is 11.9 Å². The summed E-state index contributed by atoms with van der Waals surface area (Å²) in [6.45, 7) is 12.8. The number of carbonyl (C=O) groups excluding carboxylic acids is 2. The molecule has 0 bridgehead atoms. The average molecular weight is 508 g/mol. The molecule has 1 aromatic heterocycles. The molecule has 35 heavy (non-hydrogen) atoms. The van der Waals surface area contributed by atoms with Crippen molar-refractivity contribution in [2.24, 2.45) is 17.3 Å². The number of esters is 1. The minimum absolute atomic E-state index is 0.0455. The summed E-state index contributed by atoms with van der Waals surface area (Å²) in [5.74, 6) is -1.55. The zero-order valence-corrected chi connectivity index (χ0v) is 22.9. The maximum absolute atomic E-state index is 13.2. The number of ketones is 1. The molecule has 0 spiro atoms. The van der Waals surface area contributed by atoms with E-state index in [0.717, 1.165) is 35.5 Å². The van der Waals surface area contributed by atoms with Crippen molar-refractivity contribution in [3.8, 4) is 0 Å². The van der Waals surface area contributed by atoms with Crippen molar-refractivity contribution in [3.63, 3.8) is 0 Å². The zero-order valence-electron chi connectivity index (χ0n) is 22.0. The Bertz CT molecular complexity index is 955. The van der Waals surface area contributed by atoms with Gasteiger partial charge in [-0.2, -0.15) is 0 Å². The first kappa shape index (κ1) is 28.0. The van der Waals surface area contributed by atoms with Crippen LogP contribution in [-0.4, -0.2) is 57.0 Å². The highest BCUT2D eigenvalue weighted by Crippen LogP contribution is 2.45. The molecule has 3 rings (SSSR count). The summed E-state index contributed by atoms with van der Waals surface area (Å²) in [5.41, 5.74) is 0.179. The first-order valence-electron chi connectivity index (χ1n) is 12.6. The number of nitrogens with zero attached hydrogens (tertiary/aromatic N) is 1. The molecule has 8 heteroatoms. The molecule has 2 aliphatic heterocycles. The number of hydrogen-bond acceptors (Lipinski definition) is 8. The number of rotatable bonds is 2. The predicted molar refractivity (Wildman–Crippen MR) is 136 cm³/mol. The van der Waals surface area contributed by atoms with E-state index in [4.69, 9.17) is 9.47 Å². The van der Waals surface area contributed by atoms with Gasteiger partial charge in [-0.3, -0.25) is 9.59 Å². The fraction of sp³-hybridized carbons (Fsp3) is 0.741. The fourth-order valence-corrected chi connectivity index (χ4v) is 5.64. The van der Waals surface area contributed by atoms with Gasteiger partial charge >= 0.3 is 5.97 Å². The lowest BCUT2D eigenvalue weighted by molar-refractivity contribution is -0.154. The van der Waals surface area contributed by atoms with Crippen molar-refractivity contribution < 1.29 is 29.3 Å². The second kappa shape index (κ2) is 10.8. The first-order valence-corrected chi connectivity index (χ1v) is 13.5. The second-order valence-electron chi connectivity index (χ2n) is 11.3. The van der Waals surface area contributed by atoms with Crippen LogP contribution in [-0.2, 0) is 19.1 Å². The van der Waals surface area contributed by atoms with Gasteiger partial charge in [0, 0.05) is 17.7 Å². The summed E-state index contributed by atoms with van der Waals surface area (Å²) < 4.78 is 11.9. The molecule has 3 heterocycles. The van der Waals surface area contributed by atoms with E-state index in [1.807, 2.05) is 32.2 Å². The van der Waals surface area contributed by atoms with E-state index >= 15 is 0 Å². The molecule has 0 amide bonds. The highest BCUT2D eigenvalue weighted by Gasteiger charge is 2.53. The van der Waals surface area contributed by atoms with E-state index < -0.39 is 35.6 Å². The van der Waals surface area contributed by atoms with Crippen LogP contribution in [0.1, 0.15) is 84.3 Å². The van der Waals surface area contributed by atoms with E-state index in [1.54, 1.807) is 32.1 Å². The molecule has 1 unspecified atom stereocenters. The smallest absolute Gasteiger partial charge is 0.309 e. The number of aliphatic hydroxyl groups is 2. The number of ether oxygens (including phenoxy) is 2. The van der Waals surface area contributed by atoms with E-state index in [-0.39, 0.29) is 29.8 Å². The third-order valence-corrected chi connectivity index (χ3v) is 8.72. The van der Waals surface area contributed by atoms with Crippen molar-refractivity contribution >= 4 is 29.2 Å². The molecule has 1 aromatic rings. The Morgan fingerprint density at radius 3 is 2.54 bits per heavy atom. The Morgan fingerprint density at radius 1 is 1.23 bits per heavy atom. The minimum atomic E-state index is -1.23. The summed E-state index contributed by atoms with van der Waals surface area (Å²) >= 11 is 1.56. The maximum Gasteiger partial charge on any atom is 0.309 e. The number of aliphatic hydroxyl groups excluding tert-OH is 2. The molecule has 7 atom stereocenters. The molecule has 0 saturated carbocycles. The molecular formula is C27H41NO6S. The van der Waals surface area contributed by atoms with E-state index in [1.165, 1.54) is 0 Å². The summed E-state index contributed by atoms with van der Waals surface area (Å²) in [6.07, 6.45) is 1.98. The predicted octanol–water partition coefficient (Wildman–Crippen LogP) is 4.48. The van der Waals surface area contributed by atoms with Crippen LogP contribution in [0.25, 0.3) is 6.08 Å². The SMILES string of the molecule is CC(=Cc1csc(C)n1)[C@@H]1C[C@@H]2O[C@]2(C)CCC[C@H](C)C(O)[C@@H](C)C(=O)C(C)(C)[C@@H](O)CC(=O)O1. The number of aromatic nitrogens is 1. The van der Waals surface area contributed by atoms with Crippen LogP contribution < -0.4 is 0 Å². The Kier molecular flexibility index (Phi) is 8.62. The fourth-order valence-electron chi connectivity index (χ4n) is 5.07. The molecule has 196 valence electrons. The largest absolute Gasteiger partial charge is 0.458 e. The van der Waals surface area contributed by atoms with Gasteiger partial charge in [-0.1, -0.05) is 34.1 Å². The molecule has 2 fully saturated rings. The molecule has 7 nitrogen and oxygen atoms in total. The highest BCUT2D eigenvalue weighted by molar-refractivity contribution is 7.09. The van der Waals surface area contributed by atoms with Crippen molar-refractivity contribution in [3.05, 3.63) is 21.7 Å². The van der Waals surface area contributed by atoms with Crippen molar-refractivity contribution in [2.45, 2.75) is 111 Å². The highest BCUT2D eigenvalue weighted by atomic mass is 32.1. The van der Waals surface area contributed by atoms with Crippen LogP contribution in [0, 0.1) is 24.2 Å². The van der Waals surface area contributed by atoms with Gasteiger partial charge in [-0.15, -0.1) is 11.3 Å². The zero-order chi connectivity index (χ0) is 26.1. The van der Waals surface area contributed by atoms with Gasteiger partial charge < -0.3 is 19.7 Å². The first-order chi connectivity index (χ1) is 16.2. The van der Waals surface area contributed by atoms with Gasteiger partial charge in [-0.25, -0.2) is 4.98 Å². The van der Waals surface area contributed by atoms with Gasteiger partial charge in [-0.05, 0) is 51.2 Å². The number of thiazole rings is 1. The Balaban J connectivity index is 1.85. The molecule has 2 N–H and O–H groups in total. The lowest BCUT2D eigenvalue weighted by Crippen LogP contribution is -2.45. The lowest BCUT2D eigenvalue weighted by atomic mass is 9.73. The number of hydrogen-bond donors (Lipinski definition) is 2. The van der Waals surface area contributed by atoms with Gasteiger partial charge in [0.05, 0.1) is 46.5 Å². The number of cyclic esters (lactones) is 1. The van der Waals surface area contributed by atoms with Crippen LogP contribution in [0.4, 0.5) is 0 Å². The van der Waals surface area contributed by atoms with Crippen molar-refractivity contribution in [2.75, 3.05) is 0 Å². The standard InChI is InChI=1S/C27H41NO6S/c1-15-9-8-10-27(7)22(34-27)12-20(16(2)11-19-14-35-18(4)28-19)33-23(30)13-21(29)26(5,6)25(32)17(3)24(15)31/h11,14-15,17,20-22,24,29,31H,8-10,12-13H2,1-7H3/t15-,17+,20-,21-,22-,24?,27+/m0/s1. The van der Waals surface area contributed by atoms with Crippen LogP contribution in [0.2, 0.25) is 0 Å². The summed E-state index contributed by atoms with van der Waals surface area (Å²) in [4.78, 5) is 30.6. The van der Waals surface area contributed by atoms with Crippen molar-refractivity contribution in [1.82, 2.24) is 4.98 Å². The van der Waals surface area contributed by atoms with Crippen LogP contribution in [0.3, 0.4) is 0 Å². The Hall–Kier alpha value is -1.61. The molecular weight excluding hydrogens is 466 g/mol. The van der Waals surface area contributed by atoms with Gasteiger partial charge in [0.2, 0.25) is 0 Å².